The average molecular weight is 570 g/mol. The molecule has 8 nitrogen and oxygen atoms in total. The number of nitrogens with zero attached hydrogens (tertiary/aromatic N) is 3. The molecule has 3 heterocycles. The standard InChI is InChI=1S/C31H43N3O5S/c1-8-15-32(19(4)5)30(38)27-31-20(6)17-24(40-31)25(26(31)29(37)34(27)21(7)18-35)28(36)33(16-9-2)22-11-13-23(14-12-22)39-10-3/h8-9,11-14,19-21,24-27,35H,1-2,10,15-18H2,3-7H3/t20?,21-,24-,25+,26+,27?,31?/m1/s1. The number of hydrogen-bond donors (Lipinski definition) is 1. The zero-order valence-electron chi connectivity index (χ0n) is 24.3. The van der Waals surface area contributed by atoms with E-state index in [1.807, 2.05) is 45.0 Å². The van der Waals surface area contributed by atoms with Crippen LogP contribution in [-0.2, 0) is 14.4 Å². The zero-order valence-corrected chi connectivity index (χ0v) is 25.1. The van der Waals surface area contributed by atoms with E-state index in [1.165, 1.54) is 0 Å². The molecule has 4 rings (SSSR count). The Morgan fingerprint density at radius 2 is 1.82 bits per heavy atom. The fourth-order valence-corrected chi connectivity index (χ4v) is 9.35. The molecule has 3 unspecified atom stereocenters. The number of fused-ring (bicyclic) bond motifs is 1. The maximum Gasteiger partial charge on any atom is 0.247 e. The number of aliphatic hydroxyl groups is 1. The predicted molar refractivity (Wildman–Crippen MR) is 159 cm³/mol. The summed E-state index contributed by atoms with van der Waals surface area (Å²) in [6.07, 6.45) is 4.12. The monoisotopic (exact) mass is 569 g/mol. The summed E-state index contributed by atoms with van der Waals surface area (Å²) in [6, 6.07) is 5.95. The smallest absolute Gasteiger partial charge is 0.247 e. The van der Waals surface area contributed by atoms with Gasteiger partial charge in [-0.1, -0.05) is 19.1 Å². The van der Waals surface area contributed by atoms with Crippen molar-refractivity contribution in [2.45, 2.75) is 69.2 Å². The second-order valence-electron chi connectivity index (χ2n) is 11.4. The molecule has 1 spiro atoms. The fourth-order valence-electron chi connectivity index (χ4n) is 6.96. The van der Waals surface area contributed by atoms with Crippen LogP contribution in [0.1, 0.15) is 41.0 Å². The number of amides is 3. The molecule has 3 fully saturated rings. The van der Waals surface area contributed by atoms with Gasteiger partial charge in [-0.15, -0.1) is 24.9 Å². The first kappa shape index (κ1) is 30.2. The normalized spacial score (nSPS) is 29.3. The van der Waals surface area contributed by atoms with Gasteiger partial charge < -0.3 is 24.5 Å². The number of carbonyl (C=O) groups is 3. The maximum absolute atomic E-state index is 14.4. The van der Waals surface area contributed by atoms with Crippen molar-refractivity contribution in [2.75, 3.05) is 31.2 Å². The summed E-state index contributed by atoms with van der Waals surface area (Å²) in [4.78, 5) is 48.1. The number of aliphatic hydroxyl groups excluding tert-OH is 1. The molecule has 9 heteroatoms. The van der Waals surface area contributed by atoms with E-state index >= 15 is 0 Å². The molecule has 2 bridgehead atoms. The maximum atomic E-state index is 14.4. The van der Waals surface area contributed by atoms with Crippen molar-refractivity contribution < 1.29 is 24.2 Å². The van der Waals surface area contributed by atoms with Gasteiger partial charge in [0.15, 0.2) is 0 Å². The highest BCUT2D eigenvalue weighted by Crippen LogP contribution is 2.69. The van der Waals surface area contributed by atoms with Crippen molar-refractivity contribution in [1.29, 1.82) is 0 Å². The topological polar surface area (TPSA) is 90.4 Å². The van der Waals surface area contributed by atoms with Gasteiger partial charge in [0.2, 0.25) is 17.7 Å². The van der Waals surface area contributed by atoms with Gasteiger partial charge in [-0.05, 0) is 64.3 Å². The Kier molecular flexibility index (Phi) is 9.05. The summed E-state index contributed by atoms with van der Waals surface area (Å²) in [7, 11) is 0. The minimum Gasteiger partial charge on any atom is -0.494 e. The third-order valence-corrected chi connectivity index (χ3v) is 10.8. The molecule has 0 aliphatic carbocycles. The van der Waals surface area contributed by atoms with Crippen LogP contribution in [0.25, 0.3) is 0 Å². The van der Waals surface area contributed by atoms with Crippen molar-refractivity contribution in [3.05, 3.63) is 49.6 Å². The van der Waals surface area contributed by atoms with E-state index in [0.717, 1.165) is 12.2 Å². The number of carbonyl (C=O) groups excluding carboxylic acids is 3. The summed E-state index contributed by atoms with van der Waals surface area (Å²) >= 11 is 1.64. The van der Waals surface area contributed by atoms with Gasteiger partial charge in [0, 0.05) is 30.1 Å². The Bertz CT molecular complexity index is 1140. The number of thioether (sulfide) groups is 1. The third-order valence-electron chi connectivity index (χ3n) is 8.71. The molecule has 218 valence electrons. The lowest BCUT2D eigenvalue weighted by Gasteiger charge is -2.42. The molecule has 7 atom stereocenters. The molecule has 40 heavy (non-hydrogen) atoms. The molecule has 3 saturated heterocycles. The molecule has 1 N–H and O–H groups in total. The first-order chi connectivity index (χ1) is 19.1. The van der Waals surface area contributed by atoms with Crippen molar-refractivity contribution >= 4 is 35.2 Å². The Hall–Kier alpha value is -2.78. The second-order valence-corrected chi connectivity index (χ2v) is 12.9. The first-order valence-electron chi connectivity index (χ1n) is 14.3. The Morgan fingerprint density at radius 3 is 2.38 bits per heavy atom. The summed E-state index contributed by atoms with van der Waals surface area (Å²) < 4.78 is 4.82. The van der Waals surface area contributed by atoms with Crippen LogP contribution in [-0.4, -0.2) is 87.1 Å². The van der Waals surface area contributed by atoms with Crippen LogP contribution < -0.4 is 9.64 Å². The van der Waals surface area contributed by atoms with E-state index in [4.69, 9.17) is 4.74 Å². The highest BCUT2D eigenvalue weighted by atomic mass is 32.2. The fraction of sp³-hybridized carbons (Fsp3) is 0.581. The summed E-state index contributed by atoms with van der Waals surface area (Å²) in [5, 5.41) is 10.1. The van der Waals surface area contributed by atoms with Gasteiger partial charge in [-0.25, -0.2) is 0 Å². The predicted octanol–water partition coefficient (Wildman–Crippen LogP) is 3.75. The summed E-state index contributed by atoms with van der Waals surface area (Å²) in [6.45, 7) is 18.3. The Morgan fingerprint density at radius 1 is 1.18 bits per heavy atom. The van der Waals surface area contributed by atoms with Crippen molar-refractivity contribution in [3.63, 3.8) is 0 Å². The molecule has 3 aliphatic heterocycles. The number of hydrogen-bond acceptors (Lipinski definition) is 6. The summed E-state index contributed by atoms with van der Waals surface area (Å²) in [5.41, 5.74) is 0.707. The van der Waals surface area contributed by atoms with Gasteiger partial charge >= 0.3 is 0 Å². The number of rotatable bonds is 12. The van der Waals surface area contributed by atoms with E-state index in [-0.39, 0.29) is 41.5 Å². The van der Waals surface area contributed by atoms with E-state index in [1.54, 1.807) is 45.5 Å². The average Bonchev–Trinajstić information content (AvgIpc) is 3.53. The third kappa shape index (κ3) is 4.75. The SMILES string of the molecule is C=CCN(C(=O)[C@@H]1[C@H]2C(=O)N([C@H](C)CO)C(C(=O)N(CC=C)C(C)C)C23S[C@@H]1CC3C)c1ccc(OCC)cc1. The molecule has 3 amide bonds. The number of ether oxygens (including phenoxy) is 1. The number of likely N-dealkylation sites (tertiary alicyclic amines) is 1. The minimum absolute atomic E-state index is 0.0430. The van der Waals surface area contributed by atoms with E-state index < -0.39 is 28.7 Å². The number of benzene rings is 1. The van der Waals surface area contributed by atoms with Crippen LogP contribution in [0.5, 0.6) is 5.75 Å². The van der Waals surface area contributed by atoms with Crippen LogP contribution in [0.4, 0.5) is 5.69 Å². The molecular weight excluding hydrogens is 526 g/mol. The molecule has 0 saturated carbocycles. The van der Waals surface area contributed by atoms with Crippen LogP contribution >= 0.6 is 11.8 Å². The van der Waals surface area contributed by atoms with Crippen molar-refractivity contribution in [3.8, 4) is 5.75 Å². The molecule has 0 radical (unpaired) electrons. The van der Waals surface area contributed by atoms with E-state index in [2.05, 4.69) is 20.1 Å². The van der Waals surface area contributed by atoms with Crippen molar-refractivity contribution in [1.82, 2.24) is 9.80 Å². The lowest BCUT2D eigenvalue weighted by Crippen LogP contribution is -2.60. The summed E-state index contributed by atoms with van der Waals surface area (Å²) in [5.74, 6) is -0.976. The molecule has 3 aliphatic rings. The number of anilines is 1. The molecular formula is C31H43N3O5S. The van der Waals surface area contributed by atoms with E-state index in [0.29, 0.717) is 25.4 Å². The van der Waals surface area contributed by atoms with Gasteiger partial charge in [0.1, 0.15) is 11.8 Å². The molecule has 1 aromatic rings. The van der Waals surface area contributed by atoms with Gasteiger partial charge in [0.25, 0.3) is 0 Å². The molecule has 1 aromatic carbocycles. The van der Waals surface area contributed by atoms with Crippen LogP contribution in [0, 0.1) is 17.8 Å². The zero-order chi connectivity index (χ0) is 29.4. The first-order valence-corrected chi connectivity index (χ1v) is 15.1. The molecule has 0 aromatic heterocycles. The van der Waals surface area contributed by atoms with Crippen molar-refractivity contribution in [2.24, 2.45) is 17.8 Å². The lowest BCUT2D eigenvalue weighted by molar-refractivity contribution is -0.146. The van der Waals surface area contributed by atoms with E-state index in [9.17, 15) is 19.5 Å². The largest absolute Gasteiger partial charge is 0.494 e. The van der Waals surface area contributed by atoms with Crippen LogP contribution in [0.2, 0.25) is 0 Å². The second kappa shape index (κ2) is 12.0. The highest BCUT2D eigenvalue weighted by Gasteiger charge is 2.76. The Labute approximate surface area is 242 Å². The van der Waals surface area contributed by atoms with Gasteiger partial charge in [-0.3, -0.25) is 14.4 Å². The van der Waals surface area contributed by atoms with Gasteiger partial charge in [-0.2, -0.15) is 0 Å². The highest BCUT2D eigenvalue weighted by molar-refractivity contribution is 8.02. The van der Waals surface area contributed by atoms with Crippen LogP contribution in [0.15, 0.2) is 49.6 Å². The lowest BCUT2D eigenvalue weighted by atomic mass is 9.65. The minimum atomic E-state index is -0.768. The quantitative estimate of drug-likeness (QED) is 0.386. The van der Waals surface area contributed by atoms with Gasteiger partial charge in [0.05, 0.1) is 35.8 Å². The Balaban J connectivity index is 1.78. The van der Waals surface area contributed by atoms with Crippen LogP contribution in [0.3, 0.4) is 0 Å².